The second kappa shape index (κ2) is 8.06. The molecule has 0 atom stereocenters. The highest BCUT2D eigenvalue weighted by Crippen LogP contribution is 2.15. The van der Waals surface area contributed by atoms with E-state index in [2.05, 4.69) is 49.2 Å². The van der Waals surface area contributed by atoms with Crippen molar-refractivity contribution in [2.24, 2.45) is 0 Å². The first-order valence-corrected chi connectivity index (χ1v) is 8.95. The van der Waals surface area contributed by atoms with Crippen LogP contribution in [0.15, 0.2) is 24.3 Å². The van der Waals surface area contributed by atoms with Crippen LogP contribution in [0.3, 0.4) is 0 Å². The van der Waals surface area contributed by atoms with E-state index in [0.29, 0.717) is 0 Å². The Kier molecular flexibility index (Phi) is 6.40. The molecule has 1 aromatic rings. The van der Waals surface area contributed by atoms with Crippen molar-refractivity contribution in [3.05, 3.63) is 29.8 Å². The van der Waals surface area contributed by atoms with Gasteiger partial charge in [-0.1, -0.05) is 12.1 Å². The molecule has 0 radical (unpaired) electrons. The highest BCUT2D eigenvalue weighted by atomic mass is 32.2. The van der Waals surface area contributed by atoms with E-state index in [-0.39, 0.29) is 5.54 Å². The number of benzene rings is 1. The molecule has 1 saturated heterocycles. The summed E-state index contributed by atoms with van der Waals surface area (Å²) in [7, 11) is 0. The number of ether oxygens (including phenoxy) is 1. The molecule has 1 aromatic carbocycles. The lowest BCUT2D eigenvalue weighted by Gasteiger charge is -2.26. The third kappa shape index (κ3) is 6.72. The van der Waals surface area contributed by atoms with Crippen LogP contribution in [0.2, 0.25) is 0 Å². The van der Waals surface area contributed by atoms with Gasteiger partial charge in [0.05, 0.1) is 0 Å². The van der Waals surface area contributed by atoms with Crippen LogP contribution in [0, 0.1) is 0 Å². The highest BCUT2D eigenvalue weighted by molar-refractivity contribution is 7.99. The largest absolute Gasteiger partial charge is 0.492 e. The summed E-state index contributed by atoms with van der Waals surface area (Å²) in [4.78, 5) is 2.49. The number of hydrogen-bond donors (Lipinski definition) is 1. The van der Waals surface area contributed by atoms with E-state index in [0.717, 1.165) is 25.4 Å². The van der Waals surface area contributed by atoms with Crippen LogP contribution < -0.4 is 10.1 Å². The quantitative estimate of drug-likeness (QED) is 0.873. The molecule has 118 valence electrons. The van der Waals surface area contributed by atoms with E-state index in [1.807, 2.05) is 17.8 Å². The Balaban J connectivity index is 1.75. The summed E-state index contributed by atoms with van der Waals surface area (Å²) in [5.41, 5.74) is 1.42. The lowest BCUT2D eigenvalue weighted by Crippen LogP contribution is -2.35. The highest BCUT2D eigenvalue weighted by Gasteiger charge is 2.10. The smallest absolute Gasteiger partial charge is 0.119 e. The predicted octanol–water partition coefficient (Wildman–Crippen LogP) is 3.00. The van der Waals surface area contributed by atoms with Gasteiger partial charge in [-0.2, -0.15) is 11.8 Å². The third-order valence-electron chi connectivity index (χ3n) is 3.50. The SMILES string of the molecule is CC(C)(C)NCc1cccc(OCCN2CCSCC2)c1. The van der Waals surface area contributed by atoms with Crippen LogP contribution in [-0.4, -0.2) is 48.2 Å². The monoisotopic (exact) mass is 308 g/mol. The van der Waals surface area contributed by atoms with Crippen LogP contribution in [0.4, 0.5) is 0 Å². The van der Waals surface area contributed by atoms with Crippen molar-refractivity contribution in [1.29, 1.82) is 0 Å². The fourth-order valence-electron chi connectivity index (χ4n) is 2.23. The molecule has 0 amide bonds. The molecule has 21 heavy (non-hydrogen) atoms. The molecule has 1 fully saturated rings. The van der Waals surface area contributed by atoms with Gasteiger partial charge in [-0.05, 0) is 38.5 Å². The Hall–Kier alpha value is -0.710. The maximum absolute atomic E-state index is 5.91. The van der Waals surface area contributed by atoms with Crippen molar-refractivity contribution in [2.45, 2.75) is 32.9 Å². The van der Waals surface area contributed by atoms with Gasteiger partial charge in [0.1, 0.15) is 12.4 Å². The molecule has 1 N–H and O–H groups in total. The van der Waals surface area contributed by atoms with Crippen LogP contribution in [-0.2, 0) is 6.54 Å². The predicted molar refractivity (Wildman–Crippen MR) is 92.3 cm³/mol. The van der Waals surface area contributed by atoms with Gasteiger partial charge in [0.15, 0.2) is 0 Å². The molecule has 1 heterocycles. The number of nitrogens with one attached hydrogen (secondary N) is 1. The summed E-state index contributed by atoms with van der Waals surface area (Å²) in [5.74, 6) is 3.50. The van der Waals surface area contributed by atoms with E-state index in [1.165, 1.54) is 30.2 Å². The first-order valence-electron chi connectivity index (χ1n) is 7.80. The Morgan fingerprint density at radius 2 is 2.00 bits per heavy atom. The second-order valence-electron chi connectivity index (χ2n) is 6.55. The second-order valence-corrected chi connectivity index (χ2v) is 7.78. The zero-order valence-electron chi connectivity index (χ0n) is 13.5. The minimum Gasteiger partial charge on any atom is -0.492 e. The summed E-state index contributed by atoms with van der Waals surface area (Å²) in [6.07, 6.45) is 0. The van der Waals surface area contributed by atoms with Gasteiger partial charge in [0.2, 0.25) is 0 Å². The van der Waals surface area contributed by atoms with Crippen LogP contribution in [0.25, 0.3) is 0 Å². The Morgan fingerprint density at radius 3 is 2.71 bits per heavy atom. The number of thioether (sulfide) groups is 1. The van der Waals surface area contributed by atoms with E-state index in [9.17, 15) is 0 Å². The zero-order valence-corrected chi connectivity index (χ0v) is 14.3. The van der Waals surface area contributed by atoms with Crippen molar-refractivity contribution in [1.82, 2.24) is 10.2 Å². The molecule has 2 rings (SSSR count). The van der Waals surface area contributed by atoms with Crippen molar-refractivity contribution in [3.63, 3.8) is 0 Å². The minimum atomic E-state index is 0.142. The van der Waals surface area contributed by atoms with Gasteiger partial charge >= 0.3 is 0 Å². The van der Waals surface area contributed by atoms with E-state index in [1.54, 1.807) is 0 Å². The fourth-order valence-corrected chi connectivity index (χ4v) is 3.21. The lowest BCUT2D eigenvalue weighted by molar-refractivity contribution is 0.222. The van der Waals surface area contributed by atoms with Gasteiger partial charge in [-0.3, -0.25) is 4.90 Å². The summed E-state index contributed by atoms with van der Waals surface area (Å²) in [5, 5.41) is 3.51. The maximum Gasteiger partial charge on any atom is 0.119 e. The molecule has 0 unspecified atom stereocenters. The molecule has 1 aliphatic heterocycles. The van der Waals surface area contributed by atoms with Crippen molar-refractivity contribution in [3.8, 4) is 5.75 Å². The number of hydrogen-bond acceptors (Lipinski definition) is 4. The van der Waals surface area contributed by atoms with Gasteiger partial charge < -0.3 is 10.1 Å². The maximum atomic E-state index is 5.91. The molecule has 0 bridgehead atoms. The van der Waals surface area contributed by atoms with E-state index < -0.39 is 0 Å². The first kappa shape index (κ1) is 16.7. The van der Waals surface area contributed by atoms with Crippen molar-refractivity contribution < 1.29 is 4.74 Å². The molecule has 4 heteroatoms. The summed E-state index contributed by atoms with van der Waals surface area (Å²) >= 11 is 2.05. The number of nitrogens with zero attached hydrogens (tertiary/aromatic N) is 1. The molecule has 0 aliphatic carbocycles. The fraction of sp³-hybridized carbons (Fsp3) is 0.647. The Bertz CT molecular complexity index is 425. The average Bonchev–Trinajstić information content (AvgIpc) is 2.46. The minimum absolute atomic E-state index is 0.142. The van der Waals surface area contributed by atoms with Crippen LogP contribution >= 0.6 is 11.8 Å². The summed E-state index contributed by atoms with van der Waals surface area (Å²) in [6, 6.07) is 8.41. The van der Waals surface area contributed by atoms with Gasteiger partial charge in [0.25, 0.3) is 0 Å². The van der Waals surface area contributed by atoms with Crippen molar-refractivity contribution in [2.75, 3.05) is 37.7 Å². The van der Waals surface area contributed by atoms with Gasteiger partial charge in [-0.25, -0.2) is 0 Å². The first-order chi connectivity index (χ1) is 10.0. The molecule has 0 saturated carbocycles. The third-order valence-corrected chi connectivity index (χ3v) is 4.44. The molecular formula is C17H28N2OS. The zero-order chi connectivity index (χ0) is 15.1. The van der Waals surface area contributed by atoms with Gasteiger partial charge in [0, 0.05) is 43.2 Å². The molecule has 0 aromatic heterocycles. The van der Waals surface area contributed by atoms with Crippen LogP contribution in [0.1, 0.15) is 26.3 Å². The standard InChI is InChI=1S/C17H28N2OS/c1-17(2,3)18-14-15-5-4-6-16(13-15)20-10-7-19-8-11-21-12-9-19/h4-6,13,18H,7-12,14H2,1-3H3. The molecule has 3 nitrogen and oxygen atoms in total. The summed E-state index contributed by atoms with van der Waals surface area (Å²) in [6.45, 7) is 11.6. The Morgan fingerprint density at radius 1 is 1.24 bits per heavy atom. The Labute approximate surface area is 133 Å². The lowest BCUT2D eigenvalue weighted by atomic mass is 10.1. The topological polar surface area (TPSA) is 24.5 Å². The molecule has 1 aliphatic rings. The van der Waals surface area contributed by atoms with Gasteiger partial charge in [-0.15, -0.1) is 0 Å². The van der Waals surface area contributed by atoms with Crippen LogP contribution in [0.5, 0.6) is 5.75 Å². The number of rotatable bonds is 6. The summed E-state index contributed by atoms with van der Waals surface area (Å²) < 4.78 is 5.91. The molecule has 0 spiro atoms. The normalized spacial score (nSPS) is 16.9. The average molecular weight is 308 g/mol. The molecular weight excluding hydrogens is 280 g/mol. The van der Waals surface area contributed by atoms with E-state index >= 15 is 0 Å². The van der Waals surface area contributed by atoms with E-state index in [4.69, 9.17) is 4.74 Å². The van der Waals surface area contributed by atoms with Crippen molar-refractivity contribution >= 4 is 11.8 Å².